The van der Waals surface area contributed by atoms with E-state index in [0.717, 1.165) is 31.0 Å². The van der Waals surface area contributed by atoms with Gasteiger partial charge in [0, 0.05) is 24.2 Å². The second kappa shape index (κ2) is 6.28. The molecule has 4 nitrogen and oxygen atoms in total. The Morgan fingerprint density at radius 1 is 1.33 bits per heavy atom. The smallest absolute Gasteiger partial charge is 0.188 e. The van der Waals surface area contributed by atoms with Crippen molar-refractivity contribution in [1.82, 2.24) is 5.32 Å². The maximum Gasteiger partial charge on any atom is 0.188 e. The first-order valence-corrected chi connectivity index (χ1v) is 7.06. The predicted octanol–water partition coefficient (Wildman–Crippen LogP) is 2.58. The Morgan fingerprint density at radius 2 is 1.95 bits per heavy atom. The summed E-state index contributed by atoms with van der Waals surface area (Å²) in [5.74, 6) is -0.828. The first kappa shape index (κ1) is 15.5. The number of benzene rings is 1. The fourth-order valence-corrected chi connectivity index (χ4v) is 2.02. The molecule has 0 aromatic heterocycles. The van der Waals surface area contributed by atoms with E-state index in [9.17, 15) is 8.78 Å². The fourth-order valence-electron chi connectivity index (χ4n) is 2.02. The average Bonchev–Trinajstić information content (AvgIpc) is 2.29. The lowest BCUT2D eigenvalue weighted by Gasteiger charge is -2.28. The molecule has 0 radical (unpaired) electrons. The zero-order chi connectivity index (χ0) is 15.5. The van der Waals surface area contributed by atoms with E-state index < -0.39 is 17.2 Å². The molecule has 0 heterocycles. The van der Waals surface area contributed by atoms with Gasteiger partial charge in [0.2, 0.25) is 0 Å². The van der Waals surface area contributed by atoms with Crippen molar-refractivity contribution in [1.29, 1.82) is 0 Å². The van der Waals surface area contributed by atoms with Crippen LogP contribution in [0.2, 0.25) is 0 Å². The van der Waals surface area contributed by atoms with Gasteiger partial charge in [0.1, 0.15) is 23.0 Å². The van der Waals surface area contributed by atoms with Crippen molar-refractivity contribution in [2.24, 2.45) is 10.7 Å². The molecule has 1 aromatic rings. The summed E-state index contributed by atoms with van der Waals surface area (Å²) in [6, 6.07) is 3.50. The summed E-state index contributed by atoms with van der Waals surface area (Å²) in [6.07, 6.45) is 3.43. The van der Waals surface area contributed by atoms with Gasteiger partial charge in [-0.15, -0.1) is 0 Å². The molecule has 0 unspecified atom stereocenters. The highest BCUT2D eigenvalue weighted by molar-refractivity contribution is 5.78. The molecule has 0 bridgehead atoms. The Balaban J connectivity index is 1.92. The van der Waals surface area contributed by atoms with Crippen molar-refractivity contribution in [2.75, 3.05) is 6.54 Å². The number of nitrogens with one attached hydrogen (secondary N) is 1. The molecular weight excluding hydrogens is 276 g/mol. The molecule has 0 atom stereocenters. The molecule has 3 N–H and O–H groups in total. The van der Waals surface area contributed by atoms with Gasteiger partial charge >= 0.3 is 0 Å². The molecule has 1 aromatic carbocycles. The Hall–Kier alpha value is -1.85. The standard InChI is InChI=1S/C15H21F2N3O/c1-15(2,9-19-14(18)20-12-4-3-5-12)21-13-7-10(16)6-11(17)8-13/h6-8,12H,3-5,9H2,1-2H3,(H3,18,19,20). The Labute approximate surface area is 123 Å². The largest absolute Gasteiger partial charge is 0.486 e. The number of rotatable bonds is 5. The maximum absolute atomic E-state index is 13.1. The van der Waals surface area contributed by atoms with Crippen molar-refractivity contribution in [3.8, 4) is 5.75 Å². The minimum absolute atomic E-state index is 0.137. The SMILES string of the molecule is CC(C)(CN=C(N)NC1CCC1)Oc1cc(F)cc(F)c1. The molecule has 6 heteroatoms. The van der Waals surface area contributed by atoms with Gasteiger partial charge in [0.05, 0.1) is 6.54 Å². The molecule has 1 aliphatic carbocycles. The fraction of sp³-hybridized carbons (Fsp3) is 0.533. The van der Waals surface area contributed by atoms with E-state index in [2.05, 4.69) is 10.3 Å². The van der Waals surface area contributed by atoms with Crippen LogP contribution >= 0.6 is 0 Å². The summed E-state index contributed by atoms with van der Waals surface area (Å²) >= 11 is 0. The van der Waals surface area contributed by atoms with Crippen molar-refractivity contribution >= 4 is 5.96 Å². The topological polar surface area (TPSA) is 59.6 Å². The molecular formula is C15H21F2N3O. The molecule has 1 saturated carbocycles. The van der Waals surface area contributed by atoms with E-state index in [1.807, 2.05) is 0 Å². The van der Waals surface area contributed by atoms with Crippen LogP contribution in [0, 0.1) is 11.6 Å². The van der Waals surface area contributed by atoms with Gasteiger partial charge in [0.25, 0.3) is 0 Å². The molecule has 0 saturated heterocycles. The summed E-state index contributed by atoms with van der Waals surface area (Å²) in [5.41, 5.74) is 5.08. The van der Waals surface area contributed by atoms with Gasteiger partial charge in [-0.2, -0.15) is 0 Å². The van der Waals surface area contributed by atoms with Crippen LogP contribution in [0.1, 0.15) is 33.1 Å². The highest BCUT2D eigenvalue weighted by Gasteiger charge is 2.21. The van der Waals surface area contributed by atoms with Gasteiger partial charge in [-0.3, -0.25) is 0 Å². The van der Waals surface area contributed by atoms with E-state index in [-0.39, 0.29) is 12.3 Å². The summed E-state index contributed by atoms with van der Waals surface area (Å²) in [5, 5.41) is 3.12. The van der Waals surface area contributed by atoms with Crippen LogP contribution in [0.25, 0.3) is 0 Å². The lowest BCUT2D eigenvalue weighted by molar-refractivity contribution is 0.118. The van der Waals surface area contributed by atoms with Crippen molar-refractivity contribution in [2.45, 2.75) is 44.8 Å². The second-order valence-electron chi connectivity index (χ2n) is 5.94. The number of nitrogens with two attached hydrogens (primary N) is 1. The minimum atomic E-state index is -0.716. The Kier molecular flexibility index (Phi) is 4.65. The van der Waals surface area contributed by atoms with Crippen molar-refractivity contribution in [3.63, 3.8) is 0 Å². The molecule has 1 aliphatic rings. The van der Waals surface area contributed by atoms with Gasteiger partial charge in [-0.05, 0) is 33.1 Å². The number of guanidine groups is 1. The van der Waals surface area contributed by atoms with Gasteiger partial charge in [-0.1, -0.05) is 0 Å². The predicted molar refractivity (Wildman–Crippen MR) is 78.3 cm³/mol. The summed E-state index contributed by atoms with van der Waals surface area (Å²) in [6.45, 7) is 3.86. The lowest BCUT2D eigenvalue weighted by atomic mass is 9.93. The number of aliphatic imine (C=N–C) groups is 1. The maximum atomic E-state index is 13.1. The molecule has 0 spiro atoms. The quantitative estimate of drug-likeness (QED) is 0.648. The van der Waals surface area contributed by atoms with E-state index in [1.165, 1.54) is 6.42 Å². The summed E-state index contributed by atoms with van der Waals surface area (Å²) in [7, 11) is 0. The monoisotopic (exact) mass is 297 g/mol. The number of nitrogens with zero attached hydrogens (tertiary/aromatic N) is 1. The van der Waals surface area contributed by atoms with E-state index in [1.54, 1.807) is 13.8 Å². The minimum Gasteiger partial charge on any atom is -0.486 e. The number of hydrogen-bond donors (Lipinski definition) is 2. The highest BCUT2D eigenvalue weighted by Crippen LogP contribution is 2.21. The first-order valence-electron chi connectivity index (χ1n) is 7.06. The van der Waals surface area contributed by atoms with Crippen LogP contribution in [-0.2, 0) is 0 Å². The highest BCUT2D eigenvalue weighted by atomic mass is 19.1. The molecule has 21 heavy (non-hydrogen) atoms. The van der Waals surface area contributed by atoms with Crippen LogP contribution in [-0.4, -0.2) is 24.1 Å². The second-order valence-corrected chi connectivity index (χ2v) is 5.94. The number of halogens is 2. The van der Waals surface area contributed by atoms with E-state index in [4.69, 9.17) is 10.5 Å². The molecule has 0 aliphatic heterocycles. The van der Waals surface area contributed by atoms with E-state index in [0.29, 0.717) is 12.0 Å². The van der Waals surface area contributed by atoms with Crippen molar-refractivity contribution in [3.05, 3.63) is 29.8 Å². The van der Waals surface area contributed by atoms with Crippen LogP contribution in [0.3, 0.4) is 0 Å². The summed E-state index contributed by atoms with van der Waals surface area (Å²) < 4.78 is 31.8. The van der Waals surface area contributed by atoms with Crippen LogP contribution in [0.5, 0.6) is 5.75 Å². The first-order chi connectivity index (χ1) is 9.84. The summed E-state index contributed by atoms with van der Waals surface area (Å²) in [4.78, 5) is 4.23. The third kappa shape index (κ3) is 4.88. The molecule has 2 rings (SSSR count). The Morgan fingerprint density at radius 3 is 2.48 bits per heavy atom. The van der Waals surface area contributed by atoms with Crippen molar-refractivity contribution < 1.29 is 13.5 Å². The zero-order valence-electron chi connectivity index (χ0n) is 12.3. The van der Waals surface area contributed by atoms with Crippen LogP contribution < -0.4 is 15.8 Å². The van der Waals surface area contributed by atoms with Gasteiger partial charge < -0.3 is 15.8 Å². The zero-order valence-corrected chi connectivity index (χ0v) is 12.3. The van der Waals surface area contributed by atoms with Gasteiger partial charge in [-0.25, -0.2) is 13.8 Å². The molecule has 1 fully saturated rings. The average molecular weight is 297 g/mol. The third-order valence-corrected chi connectivity index (χ3v) is 3.32. The van der Waals surface area contributed by atoms with Gasteiger partial charge in [0.15, 0.2) is 5.96 Å². The van der Waals surface area contributed by atoms with E-state index >= 15 is 0 Å². The normalized spacial score (nSPS) is 16.5. The molecule has 116 valence electrons. The number of ether oxygens (including phenoxy) is 1. The molecule has 0 amide bonds. The third-order valence-electron chi connectivity index (χ3n) is 3.32. The van der Waals surface area contributed by atoms with Crippen LogP contribution in [0.15, 0.2) is 23.2 Å². The Bertz CT molecular complexity index is 507. The van der Waals surface area contributed by atoms with Crippen LogP contribution in [0.4, 0.5) is 8.78 Å². The number of hydrogen-bond acceptors (Lipinski definition) is 2. The lowest BCUT2D eigenvalue weighted by Crippen LogP contribution is -2.44.